The molecule has 1 heterocycles. The van der Waals surface area contributed by atoms with Gasteiger partial charge in [0.15, 0.2) is 0 Å². The number of ether oxygens (including phenoxy) is 1. The Labute approximate surface area is 82.6 Å². The van der Waals surface area contributed by atoms with Gasteiger partial charge >= 0.3 is 0 Å². The molecule has 0 N–H and O–H groups in total. The molecule has 1 aliphatic heterocycles. The first-order valence-corrected chi connectivity index (χ1v) is 5.65. The monoisotopic (exact) mass is 214 g/mol. The fraction of sp³-hybridized carbons (Fsp3) is 0.333. The second kappa shape index (κ2) is 3.68. The zero-order valence-electron chi connectivity index (χ0n) is 7.42. The molecule has 76 valence electrons. The van der Waals surface area contributed by atoms with Crippen LogP contribution in [-0.2, 0) is 19.0 Å². The van der Waals surface area contributed by atoms with Gasteiger partial charge in [-0.1, -0.05) is 18.2 Å². The Hall–Kier alpha value is -0.910. The van der Waals surface area contributed by atoms with Crippen LogP contribution in [0.2, 0.25) is 0 Å². The van der Waals surface area contributed by atoms with E-state index < -0.39 is 10.1 Å². The van der Waals surface area contributed by atoms with Crippen molar-refractivity contribution in [3.05, 3.63) is 30.3 Å². The van der Waals surface area contributed by atoms with Crippen molar-refractivity contribution in [2.75, 3.05) is 13.2 Å². The van der Waals surface area contributed by atoms with Crippen molar-refractivity contribution in [3.8, 4) is 0 Å². The first-order chi connectivity index (χ1) is 6.68. The van der Waals surface area contributed by atoms with Gasteiger partial charge in [-0.25, -0.2) is 0 Å². The molecule has 4 nitrogen and oxygen atoms in total. The molecule has 0 aliphatic carbocycles. The summed E-state index contributed by atoms with van der Waals surface area (Å²) in [5, 5.41) is 0. The van der Waals surface area contributed by atoms with Gasteiger partial charge in [-0.2, -0.15) is 8.42 Å². The fourth-order valence-corrected chi connectivity index (χ4v) is 2.16. The minimum absolute atomic E-state index is 0.187. The molecule has 0 bridgehead atoms. The van der Waals surface area contributed by atoms with E-state index in [1.165, 1.54) is 12.1 Å². The largest absolute Gasteiger partial charge is 0.376 e. The van der Waals surface area contributed by atoms with Crippen LogP contribution in [0.5, 0.6) is 0 Å². The molecular weight excluding hydrogens is 204 g/mol. The zero-order chi connectivity index (χ0) is 10.0. The molecular formula is C9H10O4S. The van der Waals surface area contributed by atoms with Crippen molar-refractivity contribution in [2.24, 2.45) is 0 Å². The quantitative estimate of drug-likeness (QED) is 0.698. The lowest BCUT2D eigenvalue weighted by Gasteiger charge is -2.25. The topological polar surface area (TPSA) is 52.6 Å². The molecule has 14 heavy (non-hydrogen) atoms. The lowest BCUT2D eigenvalue weighted by Crippen LogP contribution is -2.37. The average molecular weight is 214 g/mol. The van der Waals surface area contributed by atoms with Crippen molar-refractivity contribution in [2.45, 2.75) is 11.0 Å². The summed E-state index contributed by atoms with van der Waals surface area (Å²) in [6, 6.07) is 8.09. The average Bonchev–Trinajstić information content (AvgIpc) is 2.13. The maximum atomic E-state index is 11.6. The van der Waals surface area contributed by atoms with Gasteiger partial charge in [-0.05, 0) is 12.1 Å². The molecule has 2 rings (SSSR count). The minimum Gasteiger partial charge on any atom is -0.376 e. The van der Waals surface area contributed by atoms with E-state index in [0.29, 0.717) is 13.2 Å². The molecule has 0 saturated carbocycles. The van der Waals surface area contributed by atoms with E-state index in [9.17, 15) is 8.42 Å². The molecule has 1 saturated heterocycles. The molecule has 0 aromatic heterocycles. The number of rotatable bonds is 3. The summed E-state index contributed by atoms with van der Waals surface area (Å²) in [5.74, 6) is 0. The van der Waals surface area contributed by atoms with E-state index in [1.54, 1.807) is 18.2 Å². The van der Waals surface area contributed by atoms with Crippen LogP contribution >= 0.6 is 0 Å². The van der Waals surface area contributed by atoms with Gasteiger partial charge in [0.1, 0.15) is 6.10 Å². The van der Waals surface area contributed by atoms with Gasteiger partial charge in [0.2, 0.25) is 0 Å². The van der Waals surface area contributed by atoms with Gasteiger partial charge in [0, 0.05) is 0 Å². The van der Waals surface area contributed by atoms with Crippen LogP contribution in [0.15, 0.2) is 35.2 Å². The SMILES string of the molecule is O=S(=O)(OC1COC1)c1ccccc1. The summed E-state index contributed by atoms with van der Waals surface area (Å²) >= 11 is 0. The van der Waals surface area contributed by atoms with Crippen molar-refractivity contribution in [1.29, 1.82) is 0 Å². The summed E-state index contributed by atoms with van der Waals surface area (Å²) in [6.07, 6.45) is -0.319. The highest BCUT2D eigenvalue weighted by molar-refractivity contribution is 7.86. The van der Waals surface area contributed by atoms with Crippen molar-refractivity contribution in [3.63, 3.8) is 0 Å². The third-order valence-electron chi connectivity index (χ3n) is 1.90. The molecule has 1 aromatic carbocycles. The molecule has 0 spiro atoms. The Kier molecular flexibility index (Phi) is 2.54. The second-order valence-corrected chi connectivity index (χ2v) is 4.59. The highest BCUT2D eigenvalue weighted by atomic mass is 32.2. The van der Waals surface area contributed by atoms with Crippen LogP contribution in [0.3, 0.4) is 0 Å². The smallest absolute Gasteiger partial charge is 0.297 e. The van der Waals surface area contributed by atoms with E-state index in [2.05, 4.69) is 0 Å². The van der Waals surface area contributed by atoms with Crippen LogP contribution < -0.4 is 0 Å². The highest BCUT2D eigenvalue weighted by Gasteiger charge is 2.27. The van der Waals surface area contributed by atoms with Gasteiger partial charge < -0.3 is 4.74 Å². The lowest BCUT2D eigenvalue weighted by atomic mass is 10.3. The van der Waals surface area contributed by atoms with Crippen molar-refractivity contribution in [1.82, 2.24) is 0 Å². The Morgan fingerprint density at radius 3 is 2.36 bits per heavy atom. The Bertz CT molecular complexity index is 394. The number of hydrogen-bond donors (Lipinski definition) is 0. The zero-order valence-corrected chi connectivity index (χ0v) is 8.24. The molecule has 0 unspecified atom stereocenters. The van der Waals surface area contributed by atoms with E-state index >= 15 is 0 Å². The van der Waals surface area contributed by atoms with Crippen LogP contribution in [0.25, 0.3) is 0 Å². The highest BCUT2D eigenvalue weighted by Crippen LogP contribution is 2.16. The van der Waals surface area contributed by atoms with Crippen LogP contribution in [0.1, 0.15) is 0 Å². The van der Waals surface area contributed by atoms with Crippen molar-refractivity contribution >= 4 is 10.1 Å². The van der Waals surface area contributed by atoms with E-state index in [1.807, 2.05) is 0 Å². The molecule has 0 atom stereocenters. The van der Waals surface area contributed by atoms with Gasteiger partial charge in [-0.15, -0.1) is 0 Å². The van der Waals surface area contributed by atoms with Crippen LogP contribution in [0.4, 0.5) is 0 Å². The Morgan fingerprint density at radius 1 is 1.21 bits per heavy atom. The van der Waals surface area contributed by atoms with Gasteiger partial charge in [0.25, 0.3) is 10.1 Å². The summed E-state index contributed by atoms with van der Waals surface area (Å²) < 4.78 is 32.8. The minimum atomic E-state index is -3.60. The first kappa shape index (κ1) is 9.64. The predicted octanol–water partition coefficient (Wildman–Crippen LogP) is 0.791. The van der Waals surface area contributed by atoms with Crippen LogP contribution in [-0.4, -0.2) is 27.7 Å². The maximum Gasteiger partial charge on any atom is 0.297 e. The standard InChI is InChI=1S/C9H10O4S/c10-14(11,13-8-6-12-7-8)9-4-2-1-3-5-9/h1-5,8H,6-7H2. The number of hydrogen-bond acceptors (Lipinski definition) is 4. The Balaban J connectivity index is 2.15. The molecule has 1 fully saturated rings. The van der Waals surface area contributed by atoms with E-state index in [4.69, 9.17) is 8.92 Å². The summed E-state index contributed by atoms with van der Waals surface area (Å²) in [6.45, 7) is 0.706. The first-order valence-electron chi connectivity index (χ1n) is 4.24. The third-order valence-corrected chi connectivity index (χ3v) is 3.28. The van der Waals surface area contributed by atoms with Gasteiger partial charge in [-0.3, -0.25) is 4.18 Å². The van der Waals surface area contributed by atoms with Crippen molar-refractivity contribution < 1.29 is 17.3 Å². The summed E-state index contributed by atoms with van der Waals surface area (Å²) in [4.78, 5) is 0.187. The fourth-order valence-electron chi connectivity index (χ4n) is 1.09. The van der Waals surface area contributed by atoms with E-state index in [-0.39, 0.29) is 11.0 Å². The Morgan fingerprint density at radius 2 is 1.86 bits per heavy atom. The normalized spacial score (nSPS) is 17.7. The molecule has 1 aromatic rings. The molecule has 5 heteroatoms. The molecule has 0 radical (unpaired) electrons. The second-order valence-electron chi connectivity index (χ2n) is 3.02. The maximum absolute atomic E-state index is 11.6. The molecule has 0 amide bonds. The third kappa shape index (κ3) is 1.95. The summed E-state index contributed by atoms with van der Waals surface area (Å²) in [7, 11) is -3.60. The molecule has 1 aliphatic rings. The van der Waals surface area contributed by atoms with Gasteiger partial charge in [0.05, 0.1) is 18.1 Å². The van der Waals surface area contributed by atoms with E-state index in [0.717, 1.165) is 0 Å². The van der Waals surface area contributed by atoms with Crippen LogP contribution in [0, 0.1) is 0 Å². The summed E-state index contributed by atoms with van der Waals surface area (Å²) in [5.41, 5.74) is 0. The predicted molar refractivity (Wildman–Crippen MR) is 49.3 cm³/mol. The number of benzene rings is 1. The lowest BCUT2D eigenvalue weighted by molar-refractivity contribution is -0.0769.